The molecule has 3 N–H and O–H groups in total. The molecule has 5 heavy (non-hydrogen) atoms. The molecule has 0 aliphatic heterocycles. The second kappa shape index (κ2) is 27.3. The molecule has 0 aromatic heterocycles. The van der Waals surface area contributed by atoms with Crippen LogP contribution in [0, 0.1) is 10.7 Å². The quantitative estimate of drug-likeness (QED) is 0.286. The number of hydrogen-bond acceptors (Lipinski definition) is 3. The average molecular weight is 131 g/mol. The summed E-state index contributed by atoms with van der Waals surface area (Å²) in [6.07, 6.45) is 0. The van der Waals surface area contributed by atoms with E-state index in [0.29, 0.717) is 0 Å². The second-order valence-corrected chi connectivity index (χ2v) is 0.300. The molecule has 0 spiro atoms. The fourth-order valence-corrected chi connectivity index (χ4v) is 0. The van der Waals surface area contributed by atoms with Gasteiger partial charge in [0.1, 0.15) is 5.40 Å². The van der Waals surface area contributed by atoms with Crippen LogP contribution in [0.4, 0.5) is 0 Å². The topological polar surface area (TPSA) is 58.8 Å². The summed E-state index contributed by atoms with van der Waals surface area (Å²) in [6.45, 7) is 0. The Morgan fingerprint density at radius 3 is 1.60 bits per heavy atom. The van der Waals surface area contributed by atoms with Crippen molar-refractivity contribution in [2.24, 2.45) is 0 Å². The van der Waals surface area contributed by atoms with Crippen LogP contribution in [0.3, 0.4) is 0 Å². The molecule has 0 amide bonds. The summed E-state index contributed by atoms with van der Waals surface area (Å²) in [5, 5.41) is 8.63. The van der Waals surface area contributed by atoms with E-state index in [-0.39, 0.29) is 23.2 Å². The Hall–Kier alpha value is 0.319. The number of thiol groups is 1. The van der Waals surface area contributed by atoms with Crippen LogP contribution < -0.4 is 6.15 Å². The minimum absolute atomic E-state index is 0. The zero-order chi connectivity index (χ0) is 2.71. The van der Waals surface area contributed by atoms with E-state index in [9.17, 15) is 0 Å². The van der Waals surface area contributed by atoms with Gasteiger partial charge in [0.25, 0.3) is 0 Å². The minimum atomic E-state index is 0. The Bertz CT molecular complexity index is 31.1. The zero-order valence-electron chi connectivity index (χ0n) is 2.48. The smallest absolute Gasteiger partial charge is 0.130 e. The summed E-state index contributed by atoms with van der Waals surface area (Å²) in [6, 6.07) is 0. The van der Waals surface area contributed by atoms with Crippen LogP contribution in [0.15, 0.2) is 0 Å². The fraction of sp³-hybridized carbons (Fsp3) is 0. The summed E-state index contributed by atoms with van der Waals surface area (Å²) in [5.41, 5.74) is 0. The first-order chi connectivity index (χ1) is 1.41. The molecule has 0 heterocycles. The van der Waals surface area contributed by atoms with Crippen molar-refractivity contribution in [3.8, 4) is 5.40 Å². The third-order valence-electron chi connectivity index (χ3n) is 0. The first kappa shape index (κ1) is 18.4. The third kappa shape index (κ3) is 228. The van der Waals surface area contributed by atoms with Gasteiger partial charge in [-0.25, -0.2) is 0 Å². The van der Waals surface area contributed by atoms with Gasteiger partial charge in [-0.15, -0.1) is 0 Å². The minimum Gasteiger partial charge on any atom is -0.344 e. The second-order valence-electron chi connectivity index (χ2n) is 0.100. The SMILES string of the molecule is N.N#CS.[Mn]. The summed E-state index contributed by atoms with van der Waals surface area (Å²) in [4.78, 5) is 0. The summed E-state index contributed by atoms with van der Waals surface area (Å²) >= 11 is 3.09. The molecule has 2 nitrogen and oxygen atoms in total. The van der Waals surface area contributed by atoms with E-state index in [1.165, 1.54) is 5.40 Å². The van der Waals surface area contributed by atoms with Crippen LogP contribution in [-0.2, 0) is 17.1 Å². The van der Waals surface area contributed by atoms with Gasteiger partial charge in [0.05, 0.1) is 0 Å². The average Bonchev–Trinajstić information content (AvgIpc) is 0.918. The van der Waals surface area contributed by atoms with Gasteiger partial charge in [0, 0.05) is 17.1 Å². The van der Waals surface area contributed by atoms with E-state index in [0.717, 1.165) is 0 Å². The van der Waals surface area contributed by atoms with Gasteiger partial charge >= 0.3 is 0 Å². The Balaban J connectivity index is -0.0000000200. The van der Waals surface area contributed by atoms with Crippen molar-refractivity contribution in [2.75, 3.05) is 0 Å². The Labute approximate surface area is 47.0 Å². The third-order valence-corrected chi connectivity index (χ3v) is 0. The van der Waals surface area contributed by atoms with Gasteiger partial charge in [-0.1, -0.05) is 12.6 Å². The molecule has 0 aromatic carbocycles. The largest absolute Gasteiger partial charge is 0.344 e. The summed E-state index contributed by atoms with van der Waals surface area (Å²) in [5.74, 6) is 0. The monoisotopic (exact) mass is 131 g/mol. The first-order valence-corrected chi connectivity index (χ1v) is 0.894. The van der Waals surface area contributed by atoms with Crippen molar-refractivity contribution in [3.63, 3.8) is 0 Å². The Kier molecular flexibility index (Phi) is 101. The van der Waals surface area contributed by atoms with Crippen LogP contribution in [0.25, 0.3) is 0 Å². The van der Waals surface area contributed by atoms with Crippen molar-refractivity contribution in [2.45, 2.75) is 0 Å². The maximum absolute atomic E-state index is 7.18. The van der Waals surface area contributed by atoms with Crippen LogP contribution in [0.2, 0.25) is 0 Å². The molecule has 1 radical (unpaired) electrons. The molecule has 0 aliphatic carbocycles. The van der Waals surface area contributed by atoms with Crippen molar-refractivity contribution in [1.29, 1.82) is 5.26 Å². The van der Waals surface area contributed by atoms with Gasteiger partial charge in [-0.2, -0.15) is 5.26 Å². The predicted molar refractivity (Wildman–Crippen MR) is 19.6 cm³/mol. The molecule has 31 valence electrons. The molecule has 0 aromatic rings. The van der Waals surface area contributed by atoms with Crippen LogP contribution in [0.5, 0.6) is 0 Å². The van der Waals surface area contributed by atoms with E-state index in [1.54, 1.807) is 0 Å². The molecule has 0 aliphatic rings. The molecule has 0 fully saturated rings. The van der Waals surface area contributed by atoms with Gasteiger partial charge in [-0.3, -0.25) is 0 Å². The zero-order valence-corrected chi connectivity index (χ0v) is 4.55. The molecule has 0 unspecified atom stereocenters. The molecule has 0 saturated heterocycles. The van der Waals surface area contributed by atoms with E-state index in [4.69, 9.17) is 5.26 Å². The number of nitriles is 1. The van der Waals surface area contributed by atoms with E-state index < -0.39 is 0 Å². The standard InChI is InChI=1S/CHNS.Mn.H3N/c2-1-3;;/h3H;;1H3. The maximum Gasteiger partial charge on any atom is 0.130 e. The van der Waals surface area contributed by atoms with E-state index in [1.807, 2.05) is 0 Å². The van der Waals surface area contributed by atoms with Gasteiger partial charge in [-0.05, 0) is 0 Å². The molecule has 0 atom stereocenters. The van der Waals surface area contributed by atoms with Gasteiger partial charge in [0.2, 0.25) is 0 Å². The molecule has 0 bridgehead atoms. The molecular formula is CH4MnN2S. The van der Waals surface area contributed by atoms with Crippen molar-refractivity contribution < 1.29 is 17.1 Å². The maximum atomic E-state index is 7.18. The molecule has 0 saturated carbocycles. The van der Waals surface area contributed by atoms with Crippen LogP contribution in [-0.4, -0.2) is 0 Å². The number of rotatable bonds is 0. The predicted octanol–water partition coefficient (Wildman–Crippen LogP) is 0.557. The Morgan fingerprint density at radius 2 is 1.60 bits per heavy atom. The van der Waals surface area contributed by atoms with Crippen LogP contribution >= 0.6 is 12.6 Å². The number of nitrogens with zero attached hydrogens (tertiary/aromatic N) is 1. The number of hydrogen-bond donors (Lipinski definition) is 2. The van der Waals surface area contributed by atoms with E-state index in [2.05, 4.69) is 12.6 Å². The molecule has 4 heteroatoms. The van der Waals surface area contributed by atoms with Crippen LogP contribution in [0.1, 0.15) is 0 Å². The number of thiocyanates is 1. The van der Waals surface area contributed by atoms with Gasteiger partial charge in [0.15, 0.2) is 0 Å². The van der Waals surface area contributed by atoms with Crippen molar-refractivity contribution in [1.82, 2.24) is 6.15 Å². The fourth-order valence-electron chi connectivity index (χ4n) is 0. The van der Waals surface area contributed by atoms with E-state index >= 15 is 0 Å². The van der Waals surface area contributed by atoms with Gasteiger partial charge < -0.3 is 6.15 Å². The molecular weight excluding hydrogens is 127 g/mol. The van der Waals surface area contributed by atoms with Crippen molar-refractivity contribution >= 4 is 12.6 Å². The summed E-state index contributed by atoms with van der Waals surface area (Å²) < 4.78 is 0. The van der Waals surface area contributed by atoms with Crippen molar-refractivity contribution in [3.05, 3.63) is 0 Å². The first-order valence-electron chi connectivity index (χ1n) is 0.447. The molecule has 0 rings (SSSR count). The summed E-state index contributed by atoms with van der Waals surface area (Å²) in [7, 11) is 0. The normalized spacial score (nSPS) is 1.60. The Morgan fingerprint density at radius 1 is 1.60 bits per heavy atom.